The molecule has 1 heterocycles. The van der Waals surface area contributed by atoms with Crippen molar-refractivity contribution in [1.29, 1.82) is 0 Å². The van der Waals surface area contributed by atoms with Crippen LogP contribution < -0.4 is 5.32 Å². The summed E-state index contributed by atoms with van der Waals surface area (Å²) in [5.41, 5.74) is 3.70. The number of rotatable bonds is 5. The number of allylic oxidation sites excluding steroid dienone is 3. The van der Waals surface area contributed by atoms with Crippen molar-refractivity contribution in [1.82, 2.24) is 5.32 Å². The molecular formula is C21H33N. The molecule has 0 radical (unpaired) electrons. The van der Waals surface area contributed by atoms with Crippen LogP contribution in [0.15, 0.2) is 35.6 Å². The van der Waals surface area contributed by atoms with E-state index >= 15 is 0 Å². The molecule has 2 atom stereocenters. The molecule has 0 saturated heterocycles. The summed E-state index contributed by atoms with van der Waals surface area (Å²) in [5, 5.41) is 3.80. The molecular weight excluding hydrogens is 266 g/mol. The fourth-order valence-electron chi connectivity index (χ4n) is 5.00. The van der Waals surface area contributed by atoms with Crippen molar-refractivity contribution in [2.75, 3.05) is 0 Å². The Morgan fingerprint density at radius 1 is 1.23 bits per heavy atom. The van der Waals surface area contributed by atoms with E-state index in [1.54, 1.807) is 11.1 Å². The molecule has 3 aliphatic rings. The Morgan fingerprint density at radius 3 is 2.73 bits per heavy atom. The molecule has 22 heavy (non-hydrogen) atoms. The summed E-state index contributed by atoms with van der Waals surface area (Å²) >= 11 is 0. The van der Waals surface area contributed by atoms with Crippen molar-refractivity contribution >= 4 is 0 Å². The number of hydrogen-bond acceptors (Lipinski definition) is 1. The Balaban J connectivity index is 1.83. The molecule has 1 saturated carbocycles. The predicted molar refractivity (Wildman–Crippen MR) is 95.7 cm³/mol. The van der Waals surface area contributed by atoms with E-state index in [9.17, 15) is 0 Å². The largest absolute Gasteiger partial charge is 0.387 e. The first-order valence-corrected chi connectivity index (χ1v) is 9.55. The molecule has 0 aromatic rings. The summed E-state index contributed by atoms with van der Waals surface area (Å²) in [6, 6.07) is 0.620. The highest BCUT2D eigenvalue weighted by molar-refractivity contribution is 5.30. The smallest absolute Gasteiger partial charge is 0.0387 e. The van der Waals surface area contributed by atoms with E-state index in [1.807, 2.05) is 0 Å². The van der Waals surface area contributed by atoms with E-state index in [1.165, 1.54) is 64.2 Å². The van der Waals surface area contributed by atoms with E-state index in [-0.39, 0.29) is 0 Å². The van der Waals surface area contributed by atoms with Gasteiger partial charge in [0, 0.05) is 11.5 Å². The monoisotopic (exact) mass is 299 g/mol. The first-order chi connectivity index (χ1) is 10.7. The Labute approximate surface area is 137 Å². The second-order valence-electron chi connectivity index (χ2n) is 7.75. The molecule has 0 aromatic carbocycles. The van der Waals surface area contributed by atoms with Gasteiger partial charge in [0.15, 0.2) is 0 Å². The third kappa shape index (κ3) is 3.05. The van der Waals surface area contributed by atoms with E-state index in [4.69, 9.17) is 0 Å². The lowest BCUT2D eigenvalue weighted by atomic mass is 9.60. The van der Waals surface area contributed by atoms with Crippen molar-refractivity contribution in [2.45, 2.75) is 84.1 Å². The van der Waals surface area contributed by atoms with Crippen LogP contribution in [0.4, 0.5) is 0 Å². The summed E-state index contributed by atoms with van der Waals surface area (Å²) in [6.07, 6.45) is 22.9. The number of hydrogen-bond donors (Lipinski definition) is 1. The molecule has 0 spiro atoms. The third-order valence-electron chi connectivity index (χ3n) is 6.41. The first kappa shape index (κ1) is 15.9. The van der Waals surface area contributed by atoms with Crippen molar-refractivity contribution < 1.29 is 0 Å². The van der Waals surface area contributed by atoms with Crippen LogP contribution >= 0.6 is 0 Å². The molecule has 2 aliphatic carbocycles. The van der Waals surface area contributed by atoms with E-state index < -0.39 is 0 Å². The van der Waals surface area contributed by atoms with Gasteiger partial charge in [0.1, 0.15) is 0 Å². The SMILES string of the molecule is CCCC1=CNC(C(C)(C2=CC=CCC2)C2CCCCC2)C1. The Hall–Kier alpha value is -0.980. The van der Waals surface area contributed by atoms with Crippen LogP contribution in [-0.2, 0) is 0 Å². The summed E-state index contributed by atoms with van der Waals surface area (Å²) in [7, 11) is 0. The van der Waals surface area contributed by atoms with Gasteiger partial charge in [-0.15, -0.1) is 0 Å². The Morgan fingerprint density at radius 2 is 2.05 bits per heavy atom. The molecule has 1 nitrogen and oxygen atoms in total. The normalized spacial score (nSPS) is 28.7. The highest BCUT2D eigenvalue weighted by atomic mass is 14.9. The van der Waals surface area contributed by atoms with Crippen LogP contribution in [0.1, 0.15) is 78.1 Å². The second-order valence-corrected chi connectivity index (χ2v) is 7.75. The Bertz CT molecular complexity index is 464. The van der Waals surface area contributed by atoms with Gasteiger partial charge in [-0.25, -0.2) is 0 Å². The standard InChI is InChI=1S/C21H33N/c1-3-10-17-15-20(22-16-17)21(2,18-11-6-4-7-12-18)19-13-8-5-9-14-19/h4,6,11,16,19-20,22H,3,5,7-10,12-15H2,1-2H3. The number of nitrogens with one attached hydrogen (secondary N) is 1. The van der Waals surface area contributed by atoms with Gasteiger partial charge >= 0.3 is 0 Å². The molecule has 0 bridgehead atoms. The molecule has 0 aromatic heterocycles. The highest BCUT2D eigenvalue weighted by Crippen LogP contribution is 2.50. The van der Waals surface area contributed by atoms with Crippen molar-refractivity contribution in [3.8, 4) is 0 Å². The molecule has 3 rings (SSSR count). The average Bonchev–Trinajstić information content (AvgIpc) is 3.05. The van der Waals surface area contributed by atoms with Gasteiger partial charge in [0.2, 0.25) is 0 Å². The zero-order chi connectivity index (χ0) is 15.4. The van der Waals surface area contributed by atoms with Crippen molar-refractivity contribution in [3.05, 3.63) is 35.6 Å². The Kier molecular flexibility index (Phi) is 5.10. The quantitative estimate of drug-likeness (QED) is 0.667. The first-order valence-electron chi connectivity index (χ1n) is 9.55. The van der Waals surface area contributed by atoms with E-state index in [0.717, 1.165) is 5.92 Å². The molecule has 0 amide bonds. The zero-order valence-electron chi connectivity index (χ0n) is 14.5. The van der Waals surface area contributed by atoms with Crippen LogP contribution in [0.2, 0.25) is 0 Å². The minimum atomic E-state index is 0.344. The average molecular weight is 300 g/mol. The van der Waals surface area contributed by atoms with Gasteiger partial charge in [-0.3, -0.25) is 0 Å². The zero-order valence-corrected chi connectivity index (χ0v) is 14.5. The molecule has 2 unspecified atom stereocenters. The van der Waals surface area contributed by atoms with Crippen LogP contribution in [0.3, 0.4) is 0 Å². The lowest BCUT2D eigenvalue weighted by Crippen LogP contribution is -2.46. The van der Waals surface area contributed by atoms with Crippen LogP contribution in [0.5, 0.6) is 0 Å². The van der Waals surface area contributed by atoms with Crippen molar-refractivity contribution in [2.24, 2.45) is 11.3 Å². The summed E-state index contributed by atoms with van der Waals surface area (Å²) < 4.78 is 0. The summed E-state index contributed by atoms with van der Waals surface area (Å²) in [4.78, 5) is 0. The maximum atomic E-state index is 3.80. The van der Waals surface area contributed by atoms with Gasteiger partial charge in [-0.1, -0.05) is 68.9 Å². The fraction of sp³-hybridized carbons (Fsp3) is 0.714. The van der Waals surface area contributed by atoms with Crippen LogP contribution in [-0.4, -0.2) is 6.04 Å². The minimum absolute atomic E-state index is 0.344. The van der Waals surface area contributed by atoms with Gasteiger partial charge < -0.3 is 5.32 Å². The summed E-state index contributed by atoms with van der Waals surface area (Å²) in [5.74, 6) is 0.867. The maximum Gasteiger partial charge on any atom is 0.0387 e. The van der Waals surface area contributed by atoms with E-state index in [2.05, 4.69) is 43.6 Å². The highest BCUT2D eigenvalue weighted by Gasteiger charge is 2.45. The predicted octanol–water partition coefficient (Wildman–Crippen LogP) is 5.90. The molecule has 1 aliphatic heterocycles. The third-order valence-corrected chi connectivity index (χ3v) is 6.41. The van der Waals surface area contributed by atoms with E-state index in [0.29, 0.717) is 11.5 Å². The maximum absolute atomic E-state index is 3.80. The van der Waals surface area contributed by atoms with Crippen LogP contribution in [0.25, 0.3) is 0 Å². The van der Waals surface area contributed by atoms with Gasteiger partial charge in [-0.2, -0.15) is 0 Å². The van der Waals surface area contributed by atoms with Crippen molar-refractivity contribution in [3.63, 3.8) is 0 Å². The summed E-state index contributed by atoms with van der Waals surface area (Å²) in [6.45, 7) is 4.87. The van der Waals surface area contributed by atoms with Crippen LogP contribution in [0, 0.1) is 11.3 Å². The second kappa shape index (κ2) is 7.06. The topological polar surface area (TPSA) is 12.0 Å². The lowest BCUT2D eigenvalue weighted by molar-refractivity contribution is 0.130. The molecule has 1 heteroatoms. The fourth-order valence-corrected chi connectivity index (χ4v) is 5.00. The van der Waals surface area contributed by atoms with Gasteiger partial charge in [0.05, 0.1) is 0 Å². The molecule has 1 N–H and O–H groups in total. The lowest BCUT2D eigenvalue weighted by Gasteiger charge is -2.47. The van der Waals surface area contributed by atoms with Gasteiger partial charge in [-0.05, 0) is 50.6 Å². The minimum Gasteiger partial charge on any atom is -0.387 e. The molecule has 1 fully saturated rings. The van der Waals surface area contributed by atoms with Gasteiger partial charge in [0.25, 0.3) is 0 Å². The molecule has 122 valence electrons.